The van der Waals surface area contributed by atoms with Crippen LogP contribution in [0.4, 0.5) is 0 Å². The Morgan fingerprint density at radius 3 is 2.67 bits per heavy atom. The van der Waals surface area contributed by atoms with E-state index in [0.717, 1.165) is 0 Å². The van der Waals surface area contributed by atoms with E-state index in [1.165, 1.54) is 13.2 Å². The lowest BCUT2D eigenvalue weighted by Gasteiger charge is -1.93. The number of ether oxygens (including phenoxy) is 1. The van der Waals surface area contributed by atoms with E-state index in [4.69, 9.17) is 4.74 Å². The molecule has 0 spiro atoms. The quantitative estimate of drug-likeness (QED) is 0.505. The van der Waals surface area contributed by atoms with Crippen LogP contribution < -0.4 is 0 Å². The highest BCUT2D eigenvalue weighted by atomic mass is 79.9. The first kappa shape index (κ1) is 8.69. The van der Waals surface area contributed by atoms with Crippen molar-refractivity contribution in [2.45, 2.75) is 13.8 Å². The third-order valence-electron chi connectivity index (χ3n) is 0.690. The third-order valence-corrected chi connectivity index (χ3v) is 1.44. The summed E-state index contributed by atoms with van der Waals surface area (Å²) in [6.45, 7) is 3.92. The fraction of sp³-hybridized carbons (Fsp3) is 0.500. The monoisotopic (exact) mass is 192 g/mol. The van der Waals surface area contributed by atoms with Crippen LogP contribution >= 0.6 is 15.9 Å². The van der Waals surface area contributed by atoms with Crippen LogP contribution in [0.3, 0.4) is 0 Å². The lowest BCUT2D eigenvalue weighted by molar-refractivity contribution is -0.113. The van der Waals surface area contributed by atoms with Gasteiger partial charge in [0.05, 0.1) is 11.1 Å². The summed E-state index contributed by atoms with van der Waals surface area (Å²) in [5.74, 6) is -0.0246. The lowest BCUT2D eigenvalue weighted by Crippen LogP contribution is -1.89. The summed E-state index contributed by atoms with van der Waals surface area (Å²) in [7, 11) is 0. The molecule has 0 heterocycles. The van der Waals surface area contributed by atoms with Crippen LogP contribution in [0.5, 0.6) is 0 Å². The average Bonchev–Trinajstić information content (AvgIpc) is 1.82. The predicted octanol–water partition coefficient (Wildman–Crippen LogP) is 1.85. The molecule has 0 aromatic heterocycles. The van der Waals surface area contributed by atoms with Gasteiger partial charge in [-0.1, -0.05) is 0 Å². The van der Waals surface area contributed by atoms with E-state index in [-0.39, 0.29) is 5.78 Å². The van der Waals surface area contributed by atoms with E-state index in [9.17, 15) is 4.79 Å². The lowest BCUT2D eigenvalue weighted by atomic mass is 10.4. The molecule has 9 heavy (non-hydrogen) atoms. The number of allylic oxidation sites excluding steroid dienone is 1. The maximum Gasteiger partial charge on any atom is 0.169 e. The van der Waals surface area contributed by atoms with Crippen LogP contribution in [-0.4, -0.2) is 12.4 Å². The van der Waals surface area contributed by atoms with Gasteiger partial charge in [-0.2, -0.15) is 0 Å². The van der Waals surface area contributed by atoms with Crippen LogP contribution in [0, 0.1) is 0 Å². The maximum atomic E-state index is 10.5. The standard InChI is InChI=1S/C6H9BrO2/c1-3-9-4-6(7)5(2)8/h4H,3H2,1-2H3/b6-4-. The summed E-state index contributed by atoms with van der Waals surface area (Å²) in [6.07, 6.45) is 1.41. The van der Waals surface area contributed by atoms with Crippen LogP contribution in [-0.2, 0) is 9.53 Å². The molecule has 0 aromatic rings. The molecule has 3 heteroatoms. The van der Waals surface area contributed by atoms with Gasteiger partial charge < -0.3 is 4.74 Å². The van der Waals surface area contributed by atoms with Crippen molar-refractivity contribution in [2.24, 2.45) is 0 Å². The van der Waals surface area contributed by atoms with Gasteiger partial charge in [0.15, 0.2) is 5.78 Å². The maximum absolute atomic E-state index is 10.5. The van der Waals surface area contributed by atoms with Gasteiger partial charge >= 0.3 is 0 Å². The van der Waals surface area contributed by atoms with Crippen molar-refractivity contribution >= 4 is 21.7 Å². The van der Waals surface area contributed by atoms with Crippen molar-refractivity contribution in [3.63, 3.8) is 0 Å². The summed E-state index contributed by atoms with van der Waals surface area (Å²) in [5, 5.41) is 0. The van der Waals surface area contributed by atoms with Crippen LogP contribution in [0.2, 0.25) is 0 Å². The zero-order valence-corrected chi connectivity index (χ0v) is 7.06. The molecule has 0 bridgehead atoms. The van der Waals surface area contributed by atoms with Gasteiger partial charge in [0.2, 0.25) is 0 Å². The fourth-order valence-corrected chi connectivity index (χ4v) is 0.372. The molecule has 0 aliphatic carbocycles. The Morgan fingerprint density at radius 2 is 2.33 bits per heavy atom. The van der Waals surface area contributed by atoms with Gasteiger partial charge in [0.25, 0.3) is 0 Å². The second-order valence-corrected chi connectivity index (χ2v) is 2.33. The largest absolute Gasteiger partial charge is 0.500 e. The van der Waals surface area contributed by atoms with Crippen molar-refractivity contribution in [1.82, 2.24) is 0 Å². The van der Waals surface area contributed by atoms with E-state index in [1.54, 1.807) is 0 Å². The Kier molecular flexibility index (Phi) is 4.40. The molecule has 0 N–H and O–H groups in total. The third kappa shape index (κ3) is 4.21. The molecule has 0 fully saturated rings. The number of ketones is 1. The summed E-state index contributed by atoms with van der Waals surface area (Å²) in [6, 6.07) is 0. The number of halogens is 1. The fourth-order valence-electron chi connectivity index (χ4n) is 0.239. The molecule has 0 saturated heterocycles. The first-order valence-electron chi connectivity index (χ1n) is 2.66. The number of carbonyl (C=O) groups excluding carboxylic acids is 1. The minimum absolute atomic E-state index is 0.0246. The van der Waals surface area contributed by atoms with Crippen molar-refractivity contribution in [1.29, 1.82) is 0 Å². The molecule has 0 aliphatic heterocycles. The molecule has 0 radical (unpaired) electrons. The van der Waals surface area contributed by atoms with E-state index >= 15 is 0 Å². The molecule has 2 nitrogen and oxygen atoms in total. The molecule has 0 atom stereocenters. The average molecular weight is 193 g/mol. The minimum atomic E-state index is -0.0246. The van der Waals surface area contributed by atoms with Crippen molar-refractivity contribution in [2.75, 3.05) is 6.61 Å². The molecular weight excluding hydrogens is 184 g/mol. The predicted molar refractivity (Wildman–Crippen MR) is 39.3 cm³/mol. The molecular formula is C6H9BrO2. The molecule has 52 valence electrons. The van der Waals surface area contributed by atoms with Crippen LogP contribution in [0.25, 0.3) is 0 Å². The Balaban J connectivity index is 3.69. The number of carbonyl (C=O) groups is 1. The topological polar surface area (TPSA) is 26.3 Å². The van der Waals surface area contributed by atoms with Crippen molar-refractivity contribution in [3.05, 3.63) is 10.7 Å². The summed E-state index contributed by atoms with van der Waals surface area (Å²) >= 11 is 3.03. The number of hydrogen-bond acceptors (Lipinski definition) is 2. The summed E-state index contributed by atoms with van der Waals surface area (Å²) in [5.41, 5.74) is 0. The normalized spacial score (nSPS) is 11.2. The minimum Gasteiger partial charge on any atom is -0.500 e. The molecule has 0 saturated carbocycles. The smallest absolute Gasteiger partial charge is 0.169 e. The summed E-state index contributed by atoms with van der Waals surface area (Å²) < 4.78 is 5.30. The van der Waals surface area contributed by atoms with Gasteiger partial charge in [-0.25, -0.2) is 0 Å². The number of Topliss-reactive ketones (excluding diaryl/α,β-unsaturated/α-hetero) is 1. The molecule has 0 amide bonds. The van der Waals surface area contributed by atoms with Gasteiger partial charge in [-0.3, -0.25) is 4.79 Å². The zero-order valence-electron chi connectivity index (χ0n) is 5.48. The first-order chi connectivity index (χ1) is 4.18. The number of hydrogen-bond donors (Lipinski definition) is 0. The van der Waals surface area contributed by atoms with Gasteiger partial charge in [-0.05, 0) is 29.8 Å². The van der Waals surface area contributed by atoms with Gasteiger partial charge in [0, 0.05) is 0 Å². The van der Waals surface area contributed by atoms with E-state index in [1.807, 2.05) is 6.92 Å². The van der Waals surface area contributed by atoms with Crippen molar-refractivity contribution < 1.29 is 9.53 Å². The Bertz CT molecular complexity index is 129. The second-order valence-electron chi connectivity index (χ2n) is 1.48. The molecule has 0 aromatic carbocycles. The van der Waals surface area contributed by atoms with Gasteiger partial charge in [-0.15, -0.1) is 0 Å². The molecule has 0 aliphatic rings. The molecule has 0 rings (SSSR count). The highest BCUT2D eigenvalue weighted by Gasteiger charge is 1.95. The Labute approximate surface area is 63.0 Å². The van der Waals surface area contributed by atoms with E-state index < -0.39 is 0 Å². The molecule has 0 unspecified atom stereocenters. The Morgan fingerprint density at radius 1 is 1.78 bits per heavy atom. The SMILES string of the molecule is CCO/C=C(\Br)C(C)=O. The van der Waals surface area contributed by atoms with E-state index in [0.29, 0.717) is 11.1 Å². The Hall–Kier alpha value is -0.310. The van der Waals surface area contributed by atoms with Crippen LogP contribution in [0.15, 0.2) is 10.7 Å². The second kappa shape index (κ2) is 4.56. The zero-order chi connectivity index (χ0) is 7.28. The van der Waals surface area contributed by atoms with Crippen LogP contribution in [0.1, 0.15) is 13.8 Å². The highest BCUT2D eigenvalue weighted by Crippen LogP contribution is 2.04. The summed E-state index contributed by atoms with van der Waals surface area (Å²) in [4.78, 5) is 10.5. The number of rotatable bonds is 3. The van der Waals surface area contributed by atoms with Gasteiger partial charge in [0.1, 0.15) is 6.26 Å². The van der Waals surface area contributed by atoms with E-state index in [2.05, 4.69) is 15.9 Å². The first-order valence-corrected chi connectivity index (χ1v) is 3.46. The highest BCUT2D eigenvalue weighted by molar-refractivity contribution is 9.12. The van der Waals surface area contributed by atoms with Crippen molar-refractivity contribution in [3.8, 4) is 0 Å².